The van der Waals surface area contributed by atoms with Crippen molar-refractivity contribution in [2.45, 2.75) is 0 Å². The Morgan fingerprint density at radius 1 is 0.500 bits per heavy atom. The van der Waals surface area contributed by atoms with Crippen molar-refractivity contribution in [2.75, 3.05) is 0 Å². The molecule has 0 aromatic carbocycles. The molecular formula is H8O4TiZr. The van der Waals surface area contributed by atoms with Crippen molar-refractivity contribution in [1.82, 2.24) is 0 Å². The number of hydrogen-bond acceptors (Lipinski definition) is 0. The molecule has 0 amide bonds. The van der Waals surface area contributed by atoms with Gasteiger partial charge in [0.15, 0.2) is 0 Å². The minimum atomic E-state index is 0. The molecule has 40 valence electrons. The van der Waals surface area contributed by atoms with Gasteiger partial charge in [-0.1, -0.05) is 0 Å². The maximum atomic E-state index is 0. The molecule has 0 spiro atoms. The molecule has 0 saturated heterocycles. The van der Waals surface area contributed by atoms with Gasteiger partial charge < -0.3 is 21.9 Å². The molecule has 0 bridgehead atoms. The van der Waals surface area contributed by atoms with Crippen LogP contribution in [0.1, 0.15) is 0 Å². The zero-order chi connectivity index (χ0) is 0. The summed E-state index contributed by atoms with van der Waals surface area (Å²) >= 11 is 0. The maximum absolute atomic E-state index is 0. The Labute approximate surface area is 69.5 Å². The Morgan fingerprint density at radius 2 is 0.500 bits per heavy atom. The first-order valence-corrected chi connectivity index (χ1v) is 0. The van der Waals surface area contributed by atoms with E-state index in [1.807, 2.05) is 0 Å². The average molecular weight is 211 g/mol. The van der Waals surface area contributed by atoms with E-state index in [0.29, 0.717) is 0 Å². The van der Waals surface area contributed by atoms with Crippen molar-refractivity contribution in [1.29, 1.82) is 0 Å². The molecular weight excluding hydrogens is 203 g/mol. The minimum Gasteiger partial charge on any atom is -0.412 e. The van der Waals surface area contributed by atoms with Crippen molar-refractivity contribution in [3.05, 3.63) is 0 Å². The largest absolute Gasteiger partial charge is 0.412 e. The predicted molar refractivity (Wildman–Crippen MR) is 14.5 cm³/mol. The van der Waals surface area contributed by atoms with Crippen LogP contribution in [0, 0.1) is 0 Å². The Kier molecular flexibility index (Phi) is 2290. The second-order valence-corrected chi connectivity index (χ2v) is 0. The first-order chi connectivity index (χ1) is 0. The summed E-state index contributed by atoms with van der Waals surface area (Å²) in [5, 5.41) is 0. The minimum absolute atomic E-state index is 0. The van der Waals surface area contributed by atoms with Crippen LogP contribution >= 0.6 is 0 Å². The van der Waals surface area contributed by atoms with Crippen LogP contribution in [0.3, 0.4) is 0 Å². The van der Waals surface area contributed by atoms with Crippen LogP contribution in [-0.4, -0.2) is 21.9 Å². The fourth-order valence-corrected chi connectivity index (χ4v) is 0. The summed E-state index contributed by atoms with van der Waals surface area (Å²) in [5.74, 6) is 0. The summed E-state index contributed by atoms with van der Waals surface area (Å²) in [6.45, 7) is 0. The quantitative estimate of drug-likeness (QED) is 0.372. The van der Waals surface area contributed by atoms with E-state index in [2.05, 4.69) is 0 Å². The molecule has 8 N–H and O–H groups in total. The summed E-state index contributed by atoms with van der Waals surface area (Å²) in [4.78, 5) is 0. The van der Waals surface area contributed by atoms with Crippen LogP contribution < -0.4 is 0 Å². The first-order valence-electron chi connectivity index (χ1n) is 0. The summed E-state index contributed by atoms with van der Waals surface area (Å²) < 4.78 is 0. The fourth-order valence-electron chi connectivity index (χ4n) is 0. The van der Waals surface area contributed by atoms with Gasteiger partial charge in [-0.05, 0) is 0 Å². The van der Waals surface area contributed by atoms with E-state index >= 15 is 0 Å². The van der Waals surface area contributed by atoms with E-state index in [1.165, 1.54) is 0 Å². The molecule has 0 atom stereocenters. The SMILES string of the molecule is O.O.O.O.[Ti].[Zr]. The molecule has 0 aliphatic rings. The molecule has 0 heterocycles. The summed E-state index contributed by atoms with van der Waals surface area (Å²) in [6, 6.07) is 0. The van der Waals surface area contributed by atoms with Gasteiger partial charge in [0, 0.05) is 47.9 Å². The monoisotopic (exact) mass is 210 g/mol. The Morgan fingerprint density at radius 3 is 0.500 bits per heavy atom. The molecule has 0 unspecified atom stereocenters. The van der Waals surface area contributed by atoms with Gasteiger partial charge in [-0.2, -0.15) is 0 Å². The third-order valence-electron chi connectivity index (χ3n) is 0. The zero-order valence-electron chi connectivity index (χ0n) is 3.00. The van der Waals surface area contributed by atoms with E-state index in [-0.39, 0.29) is 69.8 Å². The predicted octanol–water partition coefficient (Wildman–Crippen LogP) is -3.30. The van der Waals surface area contributed by atoms with Gasteiger partial charge in [-0.25, -0.2) is 0 Å². The van der Waals surface area contributed by atoms with Crippen molar-refractivity contribution in [3.63, 3.8) is 0 Å². The standard InChI is InChI=1S/4H2O.Ti.Zr/h4*1H2;;. The molecule has 0 rings (SSSR count). The van der Waals surface area contributed by atoms with Gasteiger partial charge in [0.1, 0.15) is 0 Å². The van der Waals surface area contributed by atoms with Gasteiger partial charge in [-0.3, -0.25) is 0 Å². The second-order valence-electron chi connectivity index (χ2n) is 0. The van der Waals surface area contributed by atoms with Crippen LogP contribution in [0.4, 0.5) is 0 Å². The first kappa shape index (κ1) is 149. The maximum Gasteiger partial charge on any atom is 0 e. The van der Waals surface area contributed by atoms with Crippen LogP contribution in [0.25, 0.3) is 0 Å². The van der Waals surface area contributed by atoms with Crippen molar-refractivity contribution in [2.24, 2.45) is 0 Å². The summed E-state index contributed by atoms with van der Waals surface area (Å²) in [6.07, 6.45) is 0. The van der Waals surface area contributed by atoms with E-state index < -0.39 is 0 Å². The summed E-state index contributed by atoms with van der Waals surface area (Å²) in [7, 11) is 0. The molecule has 0 aromatic rings. The Hall–Kier alpha value is 1.44. The van der Waals surface area contributed by atoms with E-state index in [1.54, 1.807) is 0 Å². The Bertz CT molecular complexity index is 7.51. The van der Waals surface area contributed by atoms with Crippen molar-refractivity contribution >= 4 is 0 Å². The molecule has 6 heavy (non-hydrogen) atoms. The average Bonchev–Trinajstić information content (AvgIpc) is 0. The van der Waals surface area contributed by atoms with E-state index in [0.717, 1.165) is 0 Å². The molecule has 4 nitrogen and oxygen atoms in total. The van der Waals surface area contributed by atoms with Crippen molar-refractivity contribution in [3.8, 4) is 0 Å². The molecule has 0 aliphatic heterocycles. The van der Waals surface area contributed by atoms with E-state index in [4.69, 9.17) is 0 Å². The molecule has 6 heteroatoms. The van der Waals surface area contributed by atoms with Crippen LogP contribution in [0.5, 0.6) is 0 Å². The normalized spacial score (nSPS) is 0. The second kappa shape index (κ2) is 92.1. The van der Waals surface area contributed by atoms with Gasteiger partial charge in [-0.15, -0.1) is 0 Å². The molecule has 0 aromatic heterocycles. The fraction of sp³-hybridized carbons (Fsp3) is 0. The smallest absolute Gasteiger partial charge is 0 e. The third-order valence-corrected chi connectivity index (χ3v) is 0. The number of rotatable bonds is 0. The van der Waals surface area contributed by atoms with Gasteiger partial charge in [0.25, 0.3) is 0 Å². The molecule has 0 saturated carbocycles. The van der Waals surface area contributed by atoms with E-state index in [9.17, 15) is 0 Å². The molecule has 0 radical (unpaired) electrons. The van der Waals surface area contributed by atoms with Gasteiger partial charge in [0.05, 0.1) is 0 Å². The van der Waals surface area contributed by atoms with Crippen LogP contribution in [0.15, 0.2) is 0 Å². The number of hydrogen-bond donors (Lipinski definition) is 0. The van der Waals surface area contributed by atoms with Crippen molar-refractivity contribution < 1.29 is 69.8 Å². The van der Waals surface area contributed by atoms with Gasteiger partial charge >= 0.3 is 0 Å². The molecule has 0 fully saturated rings. The third kappa shape index (κ3) is 51.8. The van der Waals surface area contributed by atoms with Crippen LogP contribution in [-0.2, 0) is 47.9 Å². The van der Waals surface area contributed by atoms with Crippen LogP contribution in [0.2, 0.25) is 0 Å². The Balaban J connectivity index is 0. The summed E-state index contributed by atoms with van der Waals surface area (Å²) in [5.41, 5.74) is 0. The zero-order valence-corrected chi connectivity index (χ0v) is 7.02. The topological polar surface area (TPSA) is 126 Å². The molecule has 0 aliphatic carbocycles. The van der Waals surface area contributed by atoms with Gasteiger partial charge in [0.2, 0.25) is 0 Å².